The number of nitrogens with one attached hydrogen (secondary N) is 1. The van der Waals surface area contributed by atoms with Crippen molar-refractivity contribution in [3.8, 4) is 0 Å². The number of carbonyl (C=O) groups is 4. The van der Waals surface area contributed by atoms with Crippen molar-refractivity contribution in [2.75, 3.05) is 19.7 Å². The maximum Gasteiger partial charge on any atom is 0.313 e. The highest BCUT2D eigenvalue weighted by atomic mass is 79.9. The Kier molecular flexibility index (Phi) is 10.2. The molecule has 4 aliphatic rings. The van der Waals surface area contributed by atoms with Gasteiger partial charge in [0, 0.05) is 24.0 Å². The van der Waals surface area contributed by atoms with Crippen molar-refractivity contribution < 1.29 is 33.8 Å². The molecule has 2 saturated heterocycles. The van der Waals surface area contributed by atoms with E-state index in [2.05, 4.69) is 21.2 Å². The summed E-state index contributed by atoms with van der Waals surface area (Å²) in [6.07, 6.45) is 4.72. The first-order valence-corrected chi connectivity index (χ1v) is 18.1. The number of fused-ring (bicyclic) bond motifs is 2. The number of likely N-dealkylation sites (tertiary alicyclic amines) is 1. The van der Waals surface area contributed by atoms with E-state index in [1.54, 1.807) is 11.0 Å². The van der Waals surface area contributed by atoms with Crippen LogP contribution in [0.15, 0.2) is 114 Å². The zero-order chi connectivity index (χ0) is 35.5. The van der Waals surface area contributed by atoms with E-state index in [1.165, 1.54) is 4.90 Å². The monoisotopic (exact) mass is 753 g/mol. The average Bonchev–Trinajstić information content (AvgIpc) is 3.75. The fourth-order valence-corrected chi connectivity index (χ4v) is 8.62. The molecule has 0 saturated carbocycles. The minimum atomic E-state index is -1.51. The first kappa shape index (κ1) is 34.9. The first-order chi connectivity index (χ1) is 24.8. The quantitative estimate of drug-likeness (QED) is 0.273. The van der Waals surface area contributed by atoms with Gasteiger partial charge in [0.25, 0.3) is 0 Å². The summed E-state index contributed by atoms with van der Waals surface area (Å²) >= 11 is 3.62. The molecule has 0 radical (unpaired) electrons. The summed E-state index contributed by atoms with van der Waals surface area (Å²) in [6, 6.07) is 26.2. The number of aliphatic hydroxyl groups excluding tert-OH is 1. The summed E-state index contributed by atoms with van der Waals surface area (Å²) in [5.74, 6) is -3.88. The molecule has 4 aliphatic heterocycles. The molecule has 7 rings (SSSR count). The lowest BCUT2D eigenvalue weighted by Gasteiger charge is -2.39. The largest absolute Gasteiger partial charge is 0.455 e. The molecule has 4 heterocycles. The molecule has 3 aromatic carbocycles. The summed E-state index contributed by atoms with van der Waals surface area (Å²) in [5, 5.41) is 13.8. The van der Waals surface area contributed by atoms with E-state index in [1.807, 2.05) is 103 Å². The number of amides is 3. The van der Waals surface area contributed by atoms with Crippen LogP contribution in [0.2, 0.25) is 0 Å². The number of esters is 1. The number of nitrogens with zero attached hydrogens (tertiary/aromatic N) is 2. The van der Waals surface area contributed by atoms with E-state index in [9.17, 15) is 19.5 Å². The number of hydrogen-bond acceptors (Lipinski definition) is 7. The van der Waals surface area contributed by atoms with Crippen molar-refractivity contribution in [3.63, 3.8) is 0 Å². The van der Waals surface area contributed by atoms with Crippen molar-refractivity contribution in [1.82, 2.24) is 15.1 Å². The minimum absolute atomic E-state index is 0.0407. The lowest BCUT2D eigenvalue weighted by Crippen LogP contribution is -2.58. The van der Waals surface area contributed by atoms with Crippen molar-refractivity contribution in [1.29, 1.82) is 0 Å². The zero-order valence-corrected chi connectivity index (χ0v) is 29.6. The van der Waals surface area contributed by atoms with Gasteiger partial charge in [0.2, 0.25) is 17.7 Å². The smallest absolute Gasteiger partial charge is 0.313 e. The molecule has 10 nitrogen and oxygen atoms in total. The maximum absolute atomic E-state index is 15.1. The summed E-state index contributed by atoms with van der Waals surface area (Å²) in [6.45, 7) is 0.0713. The Balaban J connectivity index is 1.33. The molecule has 0 aromatic heterocycles. The molecular weight excluding hydrogens is 714 g/mol. The first-order valence-electron chi connectivity index (χ1n) is 17.3. The second kappa shape index (κ2) is 15.0. The number of rotatable bonds is 7. The van der Waals surface area contributed by atoms with Crippen LogP contribution in [0.25, 0.3) is 0 Å². The van der Waals surface area contributed by atoms with Gasteiger partial charge in [-0.25, -0.2) is 0 Å². The van der Waals surface area contributed by atoms with E-state index in [0.29, 0.717) is 16.5 Å². The number of aliphatic hydroxyl groups is 1. The number of cyclic esters (lactones) is 1. The summed E-state index contributed by atoms with van der Waals surface area (Å²) in [5.41, 5.74) is 0.951. The molecule has 0 aliphatic carbocycles. The van der Waals surface area contributed by atoms with Gasteiger partial charge in [-0.3, -0.25) is 19.2 Å². The van der Waals surface area contributed by atoms with Crippen LogP contribution in [0.5, 0.6) is 0 Å². The third kappa shape index (κ3) is 6.78. The average molecular weight is 755 g/mol. The summed E-state index contributed by atoms with van der Waals surface area (Å²) in [4.78, 5) is 60.5. The Hall–Kier alpha value is -4.58. The van der Waals surface area contributed by atoms with Gasteiger partial charge in [-0.2, -0.15) is 0 Å². The van der Waals surface area contributed by atoms with Gasteiger partial charge >= 0.3 is 5.97 Å². The van der Waals surface area contributed by atoms with Gasteiger partial charge in [0.15, 0.2) is 0 Å². The number of hydrogen-bond donors (Lipinski definition) is 2. The predicted molar refractivity (Wildman–Crippen MR) is 192 cm³/mol. The molecule has 51 heavy (non-hydrogen) atoms. The normalized spacial score (nSPS) is 29.3. The van der Waals surface area contributed by atoms with Gasteiger partial charge in [-0.15, -0.1) is 0 Å². The maximum atomic E-state index is 15.1. The Labute approximate surface area is 305 Å². The highest BCUT2D eigenvalue weighted by Gasteiger charge is 2.75. The van der Waals surface area contributed by atoms with Crippen LogP contribution in [0.3, 0.4) is 0 Å². The van der Waals surface area contributed by atoms with E-state index in [0.717, 1.165) is 11.1 Å². The predicted octanol–water partition coefficient (Wildman–Crippen LogP) is 4.24. The lowest BCUT2D eigenvalue weighted by molar-refractivity contribution is -0.160. The molecular formula is C40H40BrN3O7. The topological polar surface area (TPSA) is 125 Å². The molecule has 264 valence electrons. The number of carbonyl (C=O) groups excluding carboxylic acids is 4. The van der Waals surface area contributed by atoms with Crippen molar-refractivity contribution >= 4 is 39.6 Å². The molecule has 7 atom stereocenters. The Morgan fingerprint density at radius 2 is 1.55 bits per heavy atom. The second-order valence-electron chi connectivity index (χ2n) is 13.5. The Morgan fingerprint density at radius 1 is 0.882 bits per heavy atom. The number of allylic oxidation sites excluding steroid dienone is 1. The SMILES string of the molecule is O=C1CC/C=C\CN(Cc2ccccc2)C(=O)[C@H]2N([C@@H](CO)Cc3ccccc3)C(=O)[C@@H]3[C@@H](C(=O)O[C@@H](c4ccccc4)CN1)[C@@H]1O[C@@]32C=C1Br. The molecule has 3 aromatic rings. The standard InChI is InChI=1S/C40H40BrN3O7/c41-30-22-40-34-33(35(30)51-40)39(49)50-31(28-17-9-3-10-18-28)23-42-32(46)19-11-4-12-20-43(24-27-15-7-2-8-16-27)38(48)36(40)44(37(34)47)29(25-45)21-26-13-5-1-6-14-26/h1-10,12-18,22,29,31,33-36,45H,11,19-21,23-25H2,(H,42,46)/b12-4-/t29-,31-,33-,34+,35-,36-,40+/m1/s1. The highest BCUT2D eigenvalue weighted by molar-refractivity contribution is 9.11. The molecule has 5 bridgehead atoms. The fraction of sp³-hybridized carbons (Fsp3) is 0.350. The third-order valence-corrected chi connectivity index (χ3v) is 10.9. The fourth-order valence-electron chi connectivity index (χ4n) is 7.89. The van der Waals surface area contributed by atoms with Crippen LogP contribution >= 0.6 is 15.9 Å². The van der Waals surface area contributed by atoms with Crippen LogP contribution < -0.4 is 5.32 Å². The van der Waals surface area contributed by atoms with E-state index in [-0.39, 0.29) is 44.3 Å². The van der Waals surface area contributed by atoms with Crippen LogP contribution in [0.4, 0.5) is 0 Å². The van der Waals surface area contributed by atoms with E-state index < -0.39 is 60.2 Å². The highest BCUT2D eigenvalue weighted by Crippen LogP contribution is 2.59. The van der Waals surface area contributed by atoms with E-state index in [4.69, 9.17) is 9.47 Å². The van der Waals surface area contributed by atoms with Gasteiger partial charge < -0.3 is 29.7 Å². The molecule has 0 unspecified atom stereocenters. The molecule has 11 heteroatoms. The van der Waals surface area contributed by atoms with Gasteiger partial charge in [0.1, 0.15) is 29.8 Å². The van der Waals surface area contributed by atoms with E-state index >= 15 is 4.79 Å². The van der Waals surface area contributed by atoms with Gasteiger partial charge in [0.05, 0.1) is 25.1 Å². The number of benzene rings is 3. The zero-order valence-electron chi connectivity index (χ0n) is 28.0. The minimum Gasteiger partial charge on any atom is -0.455 e. The van der Waals surface area contributed by atoms with Crippen LogP contribution in [0.1, 0.15) is 35.6 Å². The van der Waals surface area contributed by atoms with Crippen molar-refractivity contribution in [2.45, 2.75) is 55.7 Å². The summed E-state index contributed by atoms with van der Waals surface area (Å²) < 4.78 is 13.4. The molecule has 2 fully saturated rings. The van der Waals surface area contributed by atoms with Crippen LogP contribution in [-0.2, 0) is 41.6 Å². The van der Waals surface area contributed by atoms with Gasteiger partial charge in [-0.1, -0.05) is 119 Å². The second-order valence-corrected chi connectivity index (χ2v) is 14.4. The molecule has 1 spiro atoms. The van der Waals surface area contributed by atoms with Gasteiger partial charge in [-0.05, 0) is 35.6 Å². The summed E-state index contributed by atoms with van der Waals surface area (Å²) in [7, 11) is 0. The van der Waals surface area contributed by atoms with Crippen molar-refractivity contribution in [2.24, 2.45) is 11.8 Å². The third-order valence-electron chi connectivity index (χ3n) is 10.3. The number of ether oxygens (including phenoxy) is 2. The van der Waals surface area contributed by atoms with Crippen LogP contribution in [-0.4, -0.2) is 82.1 Å². The lowest BCUT2D eigenvalue weighted by atomic mass is 9.74. The van der Waals surface area contributed by atoms with Crippen molar-refractivity contribution in [3.05, 3.63) is 130 Å². The number of halogens is 1. The molecule has 3 amide bonds. The molecule has 2 N–H and O–H groups in total. The van der Waals surface area contributed by atoms with Crippen LogP contribution in [0, 0.1) is 11.8 Å². The Bertz CT molecular complexity index is 1820. The Morgan fingerprint density at radius 3 is 2.24 bits per heavy atom.